The van der Waals surface area contributed by atoms with Gasteiger partial charge in [0, 0.05) is 23.4 Å². The van der Waals surface area contributed by atoms with Gasteiger partial charge in [-0.3, -0.25) is 9.59 Å². The standard InChI is InChI=1S/C22H21N7O2S/c1-14(23-15(2)30)16-8-10-17(11-9-16)19-13-32-22(24-19)25-20(31)12-29-27-21(26-28-29)18-6-4-3-5-7-18/h3-11,13-14H,12H2,1-2H3,(H,23,30)(H,24,25,31). The van der Waals surface area contributed by atoms with Crippen LogP contribution >= 0.6 is 11.3 Å². The lowest BCUT2D eigenvalue weighted by atomic mass is 10.1. The highest BCUT2D eigenvalue weighted by atomic mass is 32.1. The number of hydrogen-bond donors (Lipinski definition) is 2. The molecule has 162 valence electrons. The summed E-state index contributed by atoms with van der Waals surface area (Å²) in [6, 6.07) is 17.2. The van der Waals surface area contributed by atoms with Crippen LogP contribution in [0, 0.1) is 0 Å². The van der Waals surface area contributed by atoms with Gasteiger partial charge in [0.05, 0.1) is 11.7 Å². The van der Waals surface area contributed by atoms with Gasteiger partial charge in [-0.1, -0.05) is 54.6 Å². The Morgan fingerprint density at radius 3 is 2.53 bits per heavy atom. The Morgan fingerprint density at radius 1 is 1.06 bits per heavy atom. The number of carbonyl (C=O) groups is 2. The maximum absolute atomic E-state index is 12.4. The van der Waals surface area contributed by atoms with E-state index >= 15 is 0 Å². The number of carbonyl (C=O) groups excluding carboxylic acids is 2. The maximum Gasteiger partial charge on any atom is 0.249 e. The molecule has 10 heteroatoms. The molecule has 2 heterocycles. The van der Waals surface area contributed by atoms with Crippen LogP contribution in [0.15, 0.2) is 60.0 Å². The molecular formula is C22H21N7O2S. The Labute approximate surface area is 188 Å². The quantitative estimate of drug-likeness (QED) is 0.449. The van der Waals surface area contributed by atoms with Crippen molar-refractivity contribution in [2.24, 2.45) is 0 Å². The monoisotopic (exact) mass is 447 g/mol. The molecule has 0 bridgehead atoms. The first kappa shape index (κ1) is 21.3. The van der Waals surface area contributed by atoms with Crippen LogP contribution in [0.25, 0.3) is 22.6 Å². The second-order valence-electron chi connectivity index (χ2n) is 7.14. The molecule has 0 aliphatic rings. The molecule has 0 saturated carbocycles. The van der Waals surface area contributed by atoms with Crippen LogP contribution in [0.1, 0.15) is 25.5 Å². The minimum atomic E-state index is -0.289. The molecule has 1 atom stereocenters. The molecule has 32 heavy (non-hydrogen) atoms. The van der Waals surface area contributed by atoms with E-state index in [0.29, 0.717) is 11.0 Å². The first-order valence-electron chi connectivity index (χ1n) is 9.94. The molecule has 4 rings (SSSR count). The van der Waals surface area contributed by atoms with Gasteiger partial charge < -0.3 is 10.6 Å². The summed E-state index contributed by atoms with van der Waals surface area (Å²) in [6.45, 7) is 3.36. The lowest BCUT2D eigenvalue weighted by Crippen LogP contribution is -2.23. The van der Waals surface area contributed by atoms with Crippen molar-refractivity contribution in [1.29, 1.82) is 0 Å². The first-order chi connectivity index (χ1) is 15.5. The Morgan fingerprint density at radius 2 is 1.81 bits per heavy atom. The Balaban J connectivity index is 1.36. The van der Waals surface area contributed by atoms with E-state index in [0.717, 1.165) is 22.4 Å². The second-order valence-corrected chi connectivity index (χ2v) is 8.00. The highest BCUT2D eigenvalue weighted by Gasteiger charge is 2.12. The molecule has 0 spiro atoms. The number of nitrogens with one attached hydrogen (secondary N) is 2. The molecule has 9 nitrogen and oxygen atoms in total. The molecule has 2 aromatic carbocycles. The van der Waals surface area contributed by atoms with E-state index in [4.69, 9.17) is 0 Å². The molecule has 2 amide bonds. The Bertz CT molecular complexity index is 1220. The summed E-state index contributed by atoms with van der Waals surface area (Å²) in [5.41, 5.74) is 3.52. The van der Waals surface area contributed by atoms with Crippen LogP contribution in [0.2, 0.25) is 0 Å². The molecule has 1 unspecified atom stereocenters. The van der Waals surface area contributed by atoms with E-state index < -0.39 is 0 Å². The summed E-state index contributed by atoms with van der Waals surface area (Å²) in [5, 5.41) is 20.2. The smallest absolute Gasteiger partial charge is 0.249 e. The fourth-order valence-electron chi connectivity index (χ4n) is 3.09. The summed E-state index contributed by atoms with van der Waals surface area (Å²) in [5.74, 6) is 0.104. The number of aromatic nitrogens is 5. The van der Waals surface area contributed by atoms with Crippen molar-refractivity contribution in [3.63, 3.8) is 0 Å². The zero-order valence-corrected chi connectivity index (χ0v) is 18.3. The molecule has 2 N–H and O–H groups in total. The molecule has 0 radical (unpaired) electrons. The van der Waals surface area contributed by atoms with Gasteiger partial charge in [-0.2, -0.15) is 4.80 Å². The molecule has 0 aliphatic carbocycles. The van der Waals surface area contributed by atoms with Crippen LogP contribution in [-0.4, -0.2) is 37.0 Å². The van der Waals surface area contributed by atoms with Gasteiger partial charge in [-0.25, -0.2) is 4.98 Å². The van der Waals surface area contributed by atoms with Crippen molar-refractivity contribution in [2.45, 2.75) is 26.4 Å². The topological polar surface area (TPSA) is 115 Å². The van der Waals surface area contributed by atoms with E-state index in [9.17, 15) is 9.59 Å². The third-order valence-corrected chi connectivity index (χ3v) is 5.40. The predicted molar refractivity (Wildman–Crippen MR) is 122 cm³/mol. The molecule has 0 aliphatic heterocycles. The second kappa shape index (κ2) is 9.48. The van der Waals surface area contributed by atoms with Crippen molar-refractivity contribution in [1.82, 2.24) is 30.5 Å². The lowest BCUT2D eigenvalue weighted by Gasteiger charge is -2.12. The normalized spacial score (nSPS) is 11.7. The average Bonchev–Trinajstić information content (AvgIpc) is 3.44. The number of benzene rings is 2. The van der Waals surface area contributed by atoms with Crippen molar-refractivity contribution >= 4 is 28.3 Å². The fourth-order valence-corrected chi connectivity index (χ4v) is 3.83. The summed E-state index contributed by atoms with van der Waals surface area (Å²) in [6.07, 6.45) is 0. The van der Waals surface area contributed by atoms with Crippen LogP contribution < -0.4 is 10.6 Å². The number of hydrogen-bond acceptors (Lipinski definition) is 7. The number of tetrazole rings is 1. The zero-order chi connectivity index (χ0) is 22.5. The van der Waals surface area contributed by atoms with Crippen molar-refractivity contribution in [3.05, 3.63) is 65.5 Å². The third-order valence-electron chi connectivity index (χ3n) is 4.65. The SMILES string of the molecule is CC(=O)NC(C)c1ccc(-c2csc(NC(=O)Cn3nnc(-c4ccccc4)n3)n2)cc1. The summed E-state index contributed by atoms with van der Waals surface area (Å²) >= 11 is 1.34. The third kappa shape index (κ3) is 5.22. The van der Waals surface area contributed by atoms with Gasteiger partial charge in [0.2, 0.25) is 17.6 Å². The molecule has 0 saturated heterocycles. The van der Waals surface area contributed by atoms with E-state index in [1.54, 1.807) is 0 Å². The van der Waals surface area contributed by atoms with E-state index in [2.05, 4.69) is 31.0 Å². The van der Waals surface area contributed by atoms with Gasteiger partial charge in [0.1, 0.15) is 6.54 Å². The first-order valence-corrected chi connectivity index (χ1v) is 10.8. The van der Waals surface area contributed by atoms with Crippen LogP contribution in [-0.2, 0) is 16.1 Å². The average molecular weight is 448 g/mol. The van der Waals surface area contributed by atoms with Crippen LogP contribution in [0.5, 0.6) is 0 Å². The van der Waals surface area contributed by atoms with Gasteiger partial charge in [0.25, 0.3) is 0 Å². The minimum Gasteiger partial charge on any atom is -0.350 e. The van der Waals surface area contributed by atoms with E-state index in [1.165, 1.54) is 23.1 Å². The highest BCUT2D eigenvalue weighted by Crippen LogP contribution is 2.26. The number of amides is 2. The van der Waals surface area contributed by atoms with E-state index in [1.807, 2.05) is 66.9 Å². The van der Waals surface area contributed by atoms with E-state index in [-0.39, 0.29) is 24.4 Å². The predicted octanol–water partition coefficient (Wildman–Crippen LogP) is 3.30. The summed E-state index contributed by atoms with van der Waals surface area (Å²) < 4.78 is 0. The zero-order valence-electron chi connectivity index (χ0n) is 17.5. The highest BCUT2D eigenvalue weighted by molar-refractivity contribution is 7.14. The van der Waals surface area contributed by atoms with Crippen molar-refractivity contribution in [3.8, 4) is 22.6 Å². The van der Waals surface area contributed by atoms with Crippen LogP contribution in [0.4, 0.5) is 5.13 Å². The number of rotatable bonds is 7. The van der Waals surface area contributed by atoms with Crippen molar-refractivity contribution in [2.75, 3.05) is 5.32 Å². The van der Waals surface area contributed by atoms with Gasteiger partial charge >= 0.3 is 0 Å². The maximum atomic E-state index is 12.4. The molecule has 0 fully saturated rings. The Hall–Kier alpha value is -3.92. The van der Waals surface area contributed by atoms with Gasteiger partial charge in [-0.15, -0.1) is 21.5 Å². The molecular weight excluding hydrogens is 426 g/mol. The largest absolute Gasteiger partial charge is 0.350 e. The lowest BCUT2D eigenvalue weighted by molar-refractivity contribution is -0.119. The van der Waals surface area contributed by atoms with Crippen molar-refractivity contribution < 1.29 is 9.59 Å². The number of thiazole rings is 1. The molecule has 4 aromatic rings. The number of anilines is 1. The minimum absolute atomic E-state index is 0.0650. The number of nitrogens with zero attached hydrogens (tertiary/aromatic N) is 5. The summed E-state index contributed by atoms with van der Waals surface area (Å²) in [4.78, 5) is 29.3. The Kier molecular flexibility index (Phi) is 6.31. The fraction of sp³-hybridized carbons (Fsp3) is 0.182. The van der Waals surface area contributed by atoms with Gasteiger partial charge in [-0.05, 0) is 17.7 Å². The summed E-state index contributed by atoms with van der Waals surface area (Å²) in [7, 11) is 0. The molecule has 2 aromatic heterocycles. The van der Waals surface area contributed by atoms with Gasteiger partial charge in [0.15, 0.2) is 5.13 Å². The van der Waals surface area contributed by atoms with Crippen LogP contribution in [0.3, 0.4) is 0 Å².